The number of rotatable bonds is 82. The average Bonchev–Trinajstić information content (AvgIpc) is 0.910. The highest BCUT2D eigenvalue weighted by atomic mass is 31.2. The number of phosphoric ester groups is 2. The molecule has 0 aromatic heterocycles. The molecule has 0 aliphatic heterocycles. The number of hydrogen-bond acceptors (Lipinski definition) is 15. The van der Waals surface area contributed by atoms with Crippen LogP contribution in [0.4, 0.5) is 0 Å². The Morgan fingerprint density at radius 3 is 0.667 bits per heavy atom. The highest BCUT2D eigenvalue weighted by Gasteiger charge is 2.30. The van der Waals surface area contributed by atoms with Crippen molar-refractivity contribution >= 4 is 39.5 Å². The number of esters is 4. The third-order valence-corrected chi connectivity index (χ3v) is 21.4. The standard InChI is InChI=1S/C83H162O17P2/c1-7-9-11-13-15-17-19-20-21-22-23-24-25-26-27-32-37-43-49-55-61-67-82(87)99-79(72-94-81(86)66-60-54-48-42-36-31-29-28-30-34-39-45-51-57-63-75(3)4)74-98-102(91,92)96-70-77(84)69-95-101(89,90)97-73-78(71-93-80(85)65-59-53-47-41-18-16-14-12-10-8-2)100-83(88)68-62-56-50-44-38-33-35-40-46-52-58-64-76(5)6/h75-79,84H,7-74H2,1-6H3,(H,89,90)(H,91,92)/t77-,78+,79+/m0/s1. The van der Waals surface area contributed by atoms with E-state index < -0.39 is 97.5 Å². The predicted octanol–water partition coefficient (Wildman–Crippen LogP) is 25.1. The molecule has 17 nitrogen and oxygen atoms in total. The Hall–Kier alpha value is -1.94. The molecule has 0 saturated carbocycles. The zero-order valence-electron chi connectivity index (χ0n) is 66.9. The lowest BCUT2D eigenvalue weighted by atomic mass is 10.0. The minimum Gasteiger partial charge on any atom is -0.462 e. The van der Waals surface area contributed by atoms with Gasteiger partial charge in [-0.15, -0.1) is 0 Å². The topological polar surface area (TPSA) is 237 Å². The maximum absolute atomic E-state index is 13.1. The molecule has 0 amide bonds. The zero-order valence-corrected chi connectivity index (χ0v) is 68.7. The molecule has 3 N–H and O–H groups in total. The van der Waals surface area contributed by atoms with Crippen LogP contribution in [0.15, 0.2) is 0 Å². The summed E-state index contributed by atoms with van der Waals surface area (Å²) < 4.78 is 68.8. The van der Waals surface area contributed by atoms with Crippen molar-refractivity contribution in [2.75, 3.05) is 39.6 Å². The summed E-state index contributed by atoms with van der Waals surface area (Å²) in [4.78, 5) is 73.1. The first kappa shape index (κ1) is 100. The van der Waals surface area contributed by atoms with Crippen LogP contribution >= 0.6 is 15.6 Å². The molecular formula is C83H162O17P2. The van der Waals surface area contributed by atoms with Crippen LogP contribution in [0.25, 0.3) is 0 Å². The van der Waals surface area contributed by atoms with Gasteiger partial charge in [-0.25, -0.2) is 9.13 Å². The first-order valence-corrected chi connectivity index (χ1v) is 46.0. The lowest BCUT2D eigenvalue weighted by Gasteiger charge is -2.21. The Bertz CT molecular complexity index is 1960. The average molecular weight is 1490 g/mol. The SMILES string of the molecule is CCCCCCCCCCCCCCCCCCCCCCCC(=O)O[C@H](COC(=O)CCCCCCCCCCCCCCCCC(C)C)COP(=O)(O)OC[C@@H](O)COP(=O)(O)OC[C@@H](COC(=O)CCCCCCCCCCCC)OC(=O)CCCCCCCCCCCCCC(C)C. The lowest BCUT2D eigenvalue weighted by molar-refractivity contribution is -0.161. The van der Waals surface area contributed by atoms with Crippen molar-refractivity contribution in [3.05, 3.63) is 0 Å². The molecule has 0 spiro atoms. The van der Waals surface area contributed by atoms with Gasteiger partial charge >= 0.3 is 39.5 Å². The smallest absolute Gasteiger partial charge is 0.462 e. The molecule has 0 bridgehead atoms. The van der Waals surface area contributed by atoms with Crippen LogP contribution in [0.2, 0.25) is 0 Å². The number of phosphoric acid groups is 2. The fraction of sp³-hybridized carbons (Fsp3) is 0.952. The van der Waals surface area contributed by atoms with Crippen LogP contribution in [-0.2, 0) is 65.4 Å². The van der Waals surface area contributed by atoms with Crippen LogP contribution in [-0.4, -0.2) is 96.7 Å². The van der Waals surface area contributed by atoms with Crippen LogP contribution in [0.3, 0.4) is 0 Å². The van der Waals surface area contributed by atoms with Crippen molar-refractivity contribution in [2.24, 2.45) is 11.8 Å². The molecule has 19 heteroatoms. The third kappa shape index (κ3) is 76.3. The number of carbonyl (C=O) groups excluding carboxylic acids is 4. The number of unbranched alkanes of at least 4 members (excludes halogenated alkanes) is 52. The van der Waals surface area contributed by atoms with Crippen molar-refractivity contribution in [1.29, 1.82) is 0 Å². The molecule has 0 saturated heterocycles. The van der Waals surface area contributed by atoms with Gasteiger partial charge in [0.15, 0.2) is 12.2 Å². The number of aliphatic hydroxyl groups is 1. The summed E-state index contributed by atoms with van der Waals surface area (Å²) in [6.07, 6.45) is 65.3. The van der Waals surface area contributed by atoms with Crippen LogP contribution < -0.4 is 0 Å². The zero-order chi connectivity index (χ0) is 74.9. The molecule has 0 radical (unpaired) electrons. The maximum atomic E-state index is 13.1. The Morgan fingerprint density at radius 1 is 0.265 bits per heavy atom. The number of ether oxygens (including phenoxy) is 4. The van der Waals surface area contributed by atoms with Crippen LogP contribution in [0, 0.1) is 11.8 Å². The molecule has 102 heavy (non-hydrogen) atoms. The maximum Gasteiger partial charge on any atom is 0.472 e. The largest absolute Gasteiger partial charge is 0.472 e. The van der Waals surface area contributed by atoms with Crippen LogP contribution in [0.1, 0.15) is 440 Å². The van der Waals surface area contributed by atoms with Gasteiger partial charge in [0.25, 0.3) is 0 Å². The van der Waals surface area contributed by atoms with Gasteiger partial charge in [-0.05, 0) is 37.5 Å². The summed E-state index contributed by atoms with van der Waals surface area (Å²) in [5, 5.41) is 10.7. The summed E-state index contributed by atoms with van der Waals surface area (Å²) in [5.41, 5.74) is 0. The van der Waals surface area contributed by atoms with E-state index in [2.05, 4.69) is 41.5 Å². The van der Waals surface area contributed by atoms with E-state index >= 15 is 0 Å². The molecule has 0 aliphatic carbocycles. The second-order valence-electron chi connectivity index (χ2n) is 30.8. The van der Waals surface area contributed by atoms with Gasteiger partial charge in [0.05, 0.1) is 26.4 Å². The van der Waals surface area contributed by atoms with Gasteiger partial charge in [-0.1, -0.05) is 388 Å². The Kier molecular flexibility index (Phi) is 73.1. The summed E-state index contributed by atoms with van der Waals surface area (Å²) in [6, 6.07) is 0. The molecule has 0 aliphatic rings. The number of carbonyl (C=O) groups is 4. The fourth-order valence-electron chi connectivity index (χ4n) is 12.9. The minimum atomic E-state index is -4.96. The van der Waals surface area contributed by atoms with E-state index in [1.165, 1.54) is 257 Å². The molecule has 606 valence electrons. The summed E-state index contributed by atoms with van der Waals surface area (Å²) in [5.74, 6) is -0.542. The van der Waals surface area contributed by atoms with E-state index in [1.54, 1.807) is 0 Å². The molecule has 5 atom stereocenters. The predicted molar refractivity (Wildman–Crippen MR) is 418 cm³/mol. The molecule has 2 unspecified atom stereocenters. The van der Waals surface area contributed by atoms with E-state index in [4.69, 9.17) is 37.0 Å². The third-order valence-electron chi connectivity index (χ3n) is 19.5. The first-order chi connectivity index (χ1) is 49.4. The van der Waals surface area contributed by atoms with E-state index in [0.717, 1.165) is 102 Å². The van der Waals surface area contributed by atoms with Gasteiger partial charge in [0.1, 0.15) is 19.3 Å². The van der Waals surface area contributed by atoms with Gasteiger partial charge in [-0.3, -0.25) is 37.3 Å². The van der Waals surface area contributed by atoms with Crippen molar-refractivity contribution < 1.29 is 80.2 Å². The first-order valence-electron chi connectivity index (χ1n) is 43.0. The monoisotopic (exact) mass is 1490 g/mol. The number of hydrogen-bond donors (Lipinski definition) is 3. The number of aliphatic hydroxyl groups excluding tert-OH is 1. The van der Waals surface area contributed by atoms with Crippen molar-refractivity contribution in [2.45, 2.75) is 458 Å². The fourth-order valence-corrected chi connectivity index (χ4v) is 14.5. The minimum absolute atomic E-state index is 0.107. The Morgan fingerprint density at radius 2 is 0.451 bits per heavy atom. The van der Waals surface area contributed by atoms with Crippen molar-refractivity contribution in [3.8, 4) is 0 Å². The molecule has 0 heterocycles. The molecule has 0 aromatic rings. The summed E-state index contributed by atoms with van der Waals surface area (Å²) in [6.45, 7) is 9.66. The van der Waals surface area contributed by atoms with E-state index in [9.17, 15) is 43.2 Å². The van der Waals surface area contributed by atoms with Gasteiger partial charge in [0.2, 0.25) is 0 Å². The van der Waals surface area contributed by atoms with E-state index in [1.807, 2.05) is 0 Å². The second kappa shape index (κ2) is 74.5. The Balaban J connectivity index is 5.22. The van der Waals surface area contributed by atoms with Crippen molar-refractivity contribution in [1.82, 2.24) is 0 Å². The normalized spacial score (nSPS) is 13.9. The summed E-state index contributed by atoms with van der Waals surface area (Å²) >= 11 is 0. The van der Waals surface area contributed by atoms with E-state index in [0.29, 0.717) is 25.7 Å². The van der Waals surface area contributed by atoms with Crippen LogP contribution in [0.5, 0.6) is 0 Å². The summed E-state index contributed by atoms with van der Waals surface area (Å²) in [7, 11) is -9.92. The van der Waals surface area contributed by atoms with Gasteiger partial charge in [0, 0.05) is 25.7 Å². The molecular weight excluding hydrogens is 1330 g/mol. The van der Waals surface area contributed by atoms with Gasteiger partial charge < -0.3 is 33.8 Å². The highest BCUT2D eigenvalue weighted by Crippen LogP contribution is 2.45. The van der Waals surface area contributed by atoms with Gasteiger partial charge in [-0.2, -0.15) is 0 Å². The lowest BCUT2D eigenvalue weighted by Crippen LogP contribution is -2.30. The quantitative estimate of drug-likeness (QED) is 0.0222. The highest BCUT2D eigenvalue weighted by molar-refractivity contribution is 7.47. The molecule has 0 rings (SSSR count). The molecule has 0 aromatic carbocycles. The second-order valence-corrected chi connectivity index (χ2v) is 33.7. The van der Waals surface area contributed by atoms with Crippen molar-refractivity contribution in [3.63, 3.8) is 0 Å². The molecule has 0 fully saturated rings. The Labute approximate surface area is 626 Å². The van der Waals surface area contributed by atoms with E-state index in [-0.39, 0.29) is 25.7 Å².